The topological polar surface area (TPSA) is 3.24 Å². The number of rotatable bonds is 21. The predicted octanol–water partition coefficient (Wildman–Crippen LogP) is 8.70. The van der Waals surface area contributed by atoms with Crippen molar-refractivity contribution in [3.63, 3.8) is 0 Å². The zero-order valence-electron chi connectivity index (χ0n) is 19.3. The van der Waals surface area contributed by atoms with E-state index in [2.05, 4.69) is 38.8 Å². The molecule has 0 unspecified atom stereocenters. The van der Waals surface area contributed by atoms with Gasteiger partial charge in [0.1, 0.15) is 0 Å². The van der Waals surface area contributed by atoms with Crippen LogP contribution in [-0.2, 0) is 0 Å². The summed E-state index contributed by atoms with van der Waals surface area (Å²) in [6.45, 7) is 17.9. The minimum absolute atomic E-state index is 1.02. The molecule has 0 saturated heterocycles. The van der Waals surface area contributed by atoms with Crippen LogP contribution in [0.4, 0.5) is 0 Å². The molecule has 0 saturated carbocycles. The van der Waals surface area contributed by atoms with Crippen LogP contribution in [0.5, 0.6) is 0 Å². The molecule has 0 bridgehead atoms. The van der Waals surface area contributed by atoms with E-state index in [0.717, 1.165) is 13.1 Å². The van der Waals surface area contributed by atoms with Gasteiger partial charge in [-0.25, -0.2) is 0 Å². The summed E-state index contributed by atoms with van der Waals surface area (Å²) in [5, 5.41) is 0. The lowest BCUT2D eigenvalue weighted by atomic mass is 10.0. The molecule has 0 spiro atoms. The first kappa shape index (κ1) is 26.4. The maximum atomic E-state index is 4.06. The Morgan fingerprint density at radius 1 is 0.519 bits per heavy atom. The van der Waals surface area contributed by atoms with Gasteiger partial charge in [-0.1, -0.05) is 128 Å². The Hall–Kier alpha value is -0.560. The quantitative estimate of drug-likeness (QED) is 0.143. The molecule has 0 atom stereocenters. The van der Waals surface area contributed by atoms with Gasteiger partial charge in [-0.2, -0.15) is 0 Å². The normalized spacial score (nSPS) is 11.3. The van der Waals surface area contributed by atoms with E-state index in [1.54, 1.807) is 0 Å². The van der Waals surface area contributed by atoms with Crippen molar-refractivity contribution in [3.05, 3.63) is 24.3 Å². The van der Waals surface area contributed by atoms with E-state index in [1.807, 2.05) is 0 Å². The van der Waals surface area contributed by atoms with Crippen molar-refractivity contribution in [1.29, 1.82) is 0 Å². The Labute approximate surface area is 172 Å². The molecule has 0 heterocycles. The molecule has 0 aromatic heterocycles. The van der Waals surface area contributed by atoms with Gasteiger partial charge in [-0.15, -0.1) is 0 Å². The summed E-state index contributed by atoms with van der Waals surface area (Å²) in [5.41, 5.74) is 2.51. The predicted molar refractivity (Wildman–Crippen MR) is 126 cm³/mol. The lowest BCUT2D eigenvalue weighted by Crippen LogP contribution is -2.28. The van der Waals surface area contributed by atoms with Gasteiger partial charge >= 0.3 is 0 Å². The fourth-order valence-electron chi connectivity index (χ4n) is 3.86. The van der Waals surface area contributed by atoms with Crippen LogP contribution in [0.1, 0.15) is 124 Å². The third-order valence-corrected chi connectivity index (χ3v) is 5.31. The first-order chi connectivity index (χ1) is 13.1. The largest absolute Gasteiger partial charge is 0.296 e. The van der Waals surface area contributed by atoms with Gasteiger partial charge in [0, 0.05) is 13.1 Å². The van der Waals surface area contributed by atoms with E-state index in [0.29, 0.717) is 0 Å². The number of hydrogen-bond donors (Lipinski definition) is 0. The standard InChI is InChI=1S/C26H51N/c1-6-7-8-9-10-11-12-13-14-15-16-17-18-19-20-21-22-27(23-25(2)3)24-26(4)5/h2,4,6-24H2,1,3,5H3. The Morgan fingerprint density at radius 3 is 1.11 bits per heavy atom. The van der Waals surface area contributed by atoms with Gasteiger partial charge in [0.15, 0.2) is 0 Å². The molecule has 0 amide bonds. The second-order valence-corrected chi connectivity index (χ2v) is 8.93. The summed E-state index contributed by atoms with van der Waals surface area (Å²) in [6.07, 6.45) is 22.9. The van der Waals surface area contributed by atoms with E-state index < -0.39 is 0 Å². The summed E-state index contributed by atoms with van der Waals surface area (Å²) >= 11 is 0. The van der Waals surface area contributed by atoms with Crippen LogP contribution >= 0.6 is 0 Å². The van der Waals surface area contributed by atoms with Gasteiger partial charge in [-0.05, 0) is 26.8 Å². The zero-order chi connectivity index (χ0) is 20.2. The Balaban J connectivity index is 3.32. The Bertz CT molecular complexity index is 328. The van der Waals surface area contributed by atoms with Gasteiger partial charge < -0.3 is 0 Å². The summed E-state index contributed by atoms with van der Waals surface area (Å²) in [4.78, 5) is 2.49. The summed E-state index contributed by atoms with van der Waals surface area (Å²) < 4.78 is 0. The van der Waals surface area contributed by atoms with Crippen LogP contribution < -0.4 is 0 Å². The summed E-state index contributed by atoms with van der Waals surface area (Å²) in [6, 6.07) is 0. The van der Waals surface area contributed by atoms with Crippen molar-refractivity contribution in [3.8, 4) is 0 Å². The highest BCUT2D eigenvalue weighted by molar-refractivity contribution is 4.97. The van der Waals surface area contributed by atoms with Crippen molar-refractivity contribution >= 4 is 0 Å². The van der Waals surface area contributed by atoms with Crippen molar-refractivity contribution < 1.29 is 0 Å². The molecule has 0 rings (SSSR count). The molecule has 0 aromatic carbocycles. The highest BCUT2D eigenvalue weighted by Gasteiger charge is 2.04. The number of unbranched alkanes of at least 4 members (excludes halogenated alkanes) is 15. The van der Waals surface area contributed by atoms with Crippen LogP contribution in [0.2, 0.25) is 0 Å². The Kier molecular flexibility index (Phi) is 19.8. The molecule has 0 radical (unpaired) electrons. The molecular formula is C26H51N. The van der Waals surface area contributed by atoms with Gasteiger partial charge in [0.25, 0.3) is 0 Å². The second kappa shape index (κ2) is 20.2. The molecule has 160 valence electrons. The maximum absolute atomic E-state index is 4.06. The van der Waals surface area contributed by atoms with Crippen LogP contribution in [0.3, 0.4) is 0 Å². The summed E-state index contributed by atoms with van der Waals surface area (Å²) in [7, 11) is 0. The molecule has 0 fully saturated rings. The first-order valence-corrected chi connectivity index (χ1v) is 12.1. The smallest absolute Gasteiger partial charge is 0.0190 e. The molecule has 0 aromatic rings. The fraction of sp³-hybridized carbons (Fsp3) is 0.846. The first-order valence-electron chi connectivity index (χ1n) is 12.1. The average Bonchev–Trinajstić information content (AvgIpc) is 2.60. The number of hydrogen-bond acceptors (Lipinski definition) is 1. The van der Waals surface area contributed by atoms with Crippen LogP contribution in [0, 0.1) is 0 Å². The van der Waals surface area contributed by atoms with Gasteiger partial charge in [0.2, 0.25) is 0 Å². The van der Waals surface area contributed by atoms with Crippen molar-refractivity contribution in [1.82, 2.24) is 4.90 Å². The molecule has 0 N–H and O–H groups in total. The van der Waals surface area contributed by atoms with E-state index in [9.17, 15) is 0 Å². The minimum Gasteiger partial charge on any atom is -0.296 e. The van der Waals surface area contributed by atoms with Crippen LogP contribution in [-0.4, -0.2) is 24.5 Å². The van der Waals surface area contributed by atoms with E-state index >= 15 is 0 Å². The van der Waals surface area contributed by atoms with Crippen LogP contribution in [0.25, 0.3) is 0 Å². The van der Waals surface area contributed by atoms with Crippen molar-refractivity contribution in [2.45, 2.75) is 124 Å². The lowest BCUT2D eigenvalue weighted by molar-refractivity contribution is 0.311. The molecule has 27 heavy (non-hydrogen) atoms. The van der Waals surface area contributed by atoms with Gasteiger partial charge in [0.05, 0.1) is 0 Å². The van der Waals surface area contributed by atoms with Crippen LogP contribution in [0.15, 0.2) is 24.3 Å². The highest BCUT2D eigenvalue weighted by Crippen LogP contribution is 2.14. The molecule has 1 nitrogen and oxygen atoms in total. The number of nitrogens with zero attached hydrogens (tertiary/aromatic N) is 1. The summed E-state index contributed by atoms with van der Waals surface area (Å²) in [5.74, 6) is 0. The zero-order valence-corrected chi connectivity index (χ0v) is 19.3. The third-order valence-electron chi connectivity index (χ3n) is 5.31. The van der Waals surface area contributed by atoms with E-state index in [-0.39, 0.29) is 0 Å². The van der Waals surface area contributed by atoms with Gasteiger partial charge in [-0.3, -0.25) is 4.90 Å². The Morgan fingerprint density at radius 2 is 0.815 bits per heavy atom. The molecule has 0 aliphatic rings. The second-order valence-electron chi connectivity index (χ2n) is 8.93. The SMILES string of the molecule is C=C(C)CN(CCCCCCCCCCCCCCCCCC)CC(=C)C. The monoisotopic (exact) mass is 377 g/mol. The van der Waals surface area contributed by atoms with E-state index in [4.69, 9.17) is 0 Å². The van der Waals surface area contributed by atoms with E-state index in [1.165, 1.54) is 120 Å². The maximum Gasteiger partial charge on any atom is 0.0190 e. The molecular weight excluding hydrogens is 326 g/mol. The fourth-order valence-corrected chi connectivity index (χ4v) is 3.86. The molecule has 0 aliphatic heterocycles. The molecule has 1 heteroatoms. The average molecular weight is 378 g/mol. The minimum atomic E-state index is 1.02. The molecule has 0 aliphatic carbocycles. The van der Waals surface area contributed by atoms with Crippen molar-refractivity contribution in [2.24, 2.45) is 0 Å². The third kappa shape index (κ3) is 21.6. The lowest BCUT2D eigenvalue weighted by Gasteiger charge is -2.22. The van der Waals surface area contributed by atoms with Crippen molar-refractivity contribution in [2.75, 3.05) is 19.6 Å². The highest BCUT2D eigenvalue weighted by atomic mass is 15.1.